The first-order valence-corrected chi connectivity index (χ1v) is 9.47. The van der Waals surface area contributed by atoms with Crippen LogP contribution in [0.4, 0.5) is 0 Å². The zero-order valence-corrected chi connectivity index (χ0v) is 16.6. The Balaban J connectivity index is 1.83. The Morgan fingerprint density at radius 3 is 2.33 bits per heavy atom. The number of benzene rings is 1. The molecule has 0 aliphatic carbocycles. The van der Waals surface area contributed by atoms with Gasteiger partial charge >= 0.3 is 5.97 Å². The molecule has 2 unspecified atom stereocenters. The van der Waals surface area contributed by atoms with Crippen LogP contribution in [-0.2, 0) is 15.0 Å². The molecule has 0 saturated carbocycles. The van der Waals surface area contributed by atoms with Crippen molar-refractivity contribution in [1.29, 1.82) is 0 Å². The summed E-state index contributed by atoms with van der Waals surface area (Å²) in [7, 11) is 0. The van der Waals surface area contributed by atoms with E-state index in [9.17, 15) is 19.5 Å². The molecule has 2 N–H and O–H groups in total. The predicted octanol–water partition coefficient (Wildman–Crippen LogP) is 2.67. The minimum Gasteiger partial charge on any atom is -0.481 e. The van der Waals surface area contributed by atoms with Gasteiger partial charge in [-0.2, -0.15) is 0 Å². The van der Waals surface area contributed by atoms with E-state index < -0.39 is 11.9 Å². The topological polar surface area (TPSA) is 86.7 Å². The molecule has 148 valence electrons. The normalized spacial score (nSPS) is 20.2. The Kier molecular flexibility index (Phi) is 6.63. The Morgan fingerprint density at radius 1 is 1.15 bits per heavy atom. The van der Waals surface area contributed by atoms with Crippen molar-refractivity contribution >= 4 is 17.8 Å². The standard InChI is InChI=1S/C21H30N2O4/c1-14-11-16(20(26)27)13-23(12-14)18(24)9-10-22-19(25)15-5-7-17(8-6-15)21(2,3)4/h5-8,14,16H,9-13H2,1-4H3,(H,22,25)(H,26,27). The number of carboxylic acids is 1. The van der Waals surface area contributed by atoms with Gasteiger partial charge in [0.05, 0.1) is 5.92 Å². The number of nitrogens with zero attached hydrogens (tertiary/aromatic N) is 1. The fourth-order valence-corrected chi connectivity index (χ4v) is 3.40. The van der Waals surface area contributed by atoms with Gasteiger partial charge < -0.3 is 15.3 Å². The summed E-state index contributed by atoms with van der Waals surface area (Å²) in [5.74, 6) is -1.52. The molecule has 2 amide bonds. The quantitative estimate of drug-likeness (QED) is 0.830. The third kappa shape index (κ3) is 5.81. The molecule has 0 spiro atoms. The van der Waals surface area contributed by atoms with Gasteiger partial charge in [-0.1, -0.05) is 39.8 Å². The lowest BCUT2D eigenvalue weighted by Gasteiger charge is -2.34. The lowest BCUT2D eigenvalue weighted by atomic mass is 9.87. The van der Waals surface area contributed by atoms with Crippen molar-refractivity contribution in [3.8, 4) is 0 Å². The van der Waals surface area contributed by atoms with Crippen LogP contribution in [0.1, 0.15) is 56.5 Å². The number of rotatable bonds is 5. The lowest BCUT2D eigenvalue weighted by molar-refractivity contribution is -0.146. The van der Waals surface area contributed by atoms with Gasteiger partial charge in [0.1, 0.15) is 0 Å². The number of likely N-dealkylation sites (tertiary alicyclic amines) is 1. The van der Waals surface area contributed by atoms with E-state index >= 15 is 0 Å². The molecule has 2 rings (SSSR count). The number of aliphatic carboxylic acids is 1. The number of carbonyl (C=O) groups excluding carboxylic acids is 2. The maximum atomic E-state index is 12.4. The van der Waals surface area contributed by atoms with Crippen molar-refractivity contribution in [2.45, 2.75) is 46.0 Å². The molecule has 1 aliphatic heterocycles. The monoisotopic (exact) mass is 374 g/mol. The third-order valence-electron chi connectivity index (χ3n) is 5.00. The first kappa shape index (κ1) is 20.9. The van der Waals surface area contributed by atoms with E-state index in [0.717, 1.165) is 5.56 Å². The lowest BCUT2D eigenvalue weighted by Crippen LogP contribution is -2.46. The van der Waals surface area contributed by atoms with E-state index in [1.165, 1.54) is 0 Å². The highest BCUT2D eigenvalue weighted by Gasteiger charge is 2.31. The van der Waals surface area contributed by atoms with Gasteiger partial charge in [-0.25, -0.2) is 0 Å². The Hall–Kier alpha value is -2.37. The Bertz CT molecular complexity index is 691. The van der Waals surface area contributed by atoms with Crippen LogP contribution in [0, 0.1) is 11.8 Å². The molecule has 1 saturated heterocycles. The van der Waals surface area contributed by atoms with E-state index in [4.69, 9.17) is 0 Å². The molecule has 1 aliphatic rings. The first-order valence-electron chi connectivity index (χ1n) is 9.47. The fraction of sp³-hybridized carbons (Fsp3) is 0.571. The maximum absolute atomic E-state index is 12.4. The van der Waals surface area contributed by atoms with Crippen molar-refractivity contribution in [2.75, 3.05) is 19.6 Å². The summed E-state index contributed by atoms with van der Waals surface area (Å²) in [6.45, 7) is 9.36. The van der Waals surface area contributed by atoms with Gasteiger partial charge in [0, 0.05) is 31.6 Å². The molecular weight excluding hydrogens is 344 g/mol. The van der Waals surface area contributed by atoms with Crippen LogP contribution in [-0.4, -0.2) is 47.4 Å². The largest absolute Gasteiger partial charge is 0.481 e. The Labute approximate surface area is 160 Å². The molecule has 6 heteroatoms. The molecule has 2 atom stereocenters. The zero-order chi connectivity index (χ0) is 20.2. The number of carbonyl (C=O) groups is 3. The average molecular weight is 374 g/mol. The fourth-order valence-electron chi connectivity index (χ4n) is 3.40. The SMILES string of the molecule is CC1CC(C(=O)O)CN(C(=O)CCNC(=O)c2ccc(C(C)(C)C)cc2)C1. The van der Waals surface area contributed by atoms with Gasteiger partial charge in [0.15, 0.2) is 0 Å². The van der Waals surface area contributed by atoms with E-state index in [1.807, 2.05) is 19.1 Å². The maximum Gasteiger partial charge on any atom is 0.308 e. The highest BCUT2D eigenvalue weighted by molar-refractivity contribution is 5.94. The number of carboxylic acid groups (broad SMARTS) is 1. The van der Waals surface area contributed by atoms with Gasteiger partial charge in [-0.15, -0.1) is 0 Å². The number of hydrogen-bond donors (Lipinski definition) is 2. The number of piperidine rings is 1. The summed E-state index contributed by atoms with van der Waals surface area (Å²) in [6, 6.07) is 7.48. The molecule has 6 nitrogen and oxygen atoms in total. The molecule has 1 aromatic rings. The van der Waals surface area contributed by atoms with Gasteiger partial charge in [-0.3, -0.25) is 14.4 Å². The minimum absolute atomic E-state index is 0.0286. The summed E-state index contributed by atoms with van der Waals surface area (Å²) in [6.07, 6.45) is 0.769. The summed E-state index contributed by atoms with van der Waals surface area (Å²) in [5.41, 5.74) is 1.75. The second-order valence-electron chi connectivity index (χ2n) is 8.51. The van der Waals surface area contributed by atoms with E-state index in [0.29, 0.717) is 18.5 Å². The predicted molar refractivity (Wildman–Crippen MR) is 104 cm³/mol. The highest BCUT2D eigenvalue weighted by Crippen LogP contribution is 2.23. The van der Waals surface area contributed by atoms with Crippen LogP contribution in [0.5, 0.6) is 0 Å². The molecule has 0 aromatic heterocycles. The first-order chi connectivity index (χ1) is 12.6. The smallest absolute Gasteiger partial charge is 0.308 e. The van der Waals surface area contributed by atoms with Crippen LogP contribution < -0.4 is 5.32 Å². The van der Waals surface area contributed by atoms with Crippen molar-refractivity contribution in [3.05, 3.63) is 35.4 Å². The Morgan fingerprint density at radius 2 is 1.78 bits per heavy atom. The molecular formula is C21H30N2O4. The van der Waals surface area contributed by atoms with Crippen molar-refractivity contribution in [3.63, 3.8) is 0 Å². The molecule has 0 radical (unpaired) electrons. The van der Waals surface area contributed by atoms with Crippen molar-refractivity contribution in [2.24, 2.45) is 11.8 Å². The summed E-state index contributed by atoms with van der Waals surface area (Å²) >= 11 is 0. The average Bonchev–Trinajstić information content (AvgIpc) is 2.60. The number of amides is 2. The van der Waals surface area contributed by atoms with E-state index in [2.05, 4.69) is 26.1 Å². The van der Waals surface area contributed by atoms with Crippen LogP contribution in [0.15, 0.2) is 24.3 Å². The summed E-state index contributed by atoms with van der Waals surface area (Å²) in [4.78, 5) is 37.4. The summed E-state index contributed by atoms with van der Waals surface area (Å²) in [5, 5.41) is 12.0. The molecule has 1 fully saturated rings. The minimum atomic E-state index is -0.855. The van der Waals surface area contributed by atoms with Crippen LogP contribution in [0.2, 0.25) is 0 Å². The molecule has 1 heterocycles. The van der Waals surface area contributed by atoms with E-state index in [1.54, 1.807) is 17.0 Å². The van der Waals surface area contributed by atoms with Crippen LogP contribution >= 0.6 is 0 Å². The van der Waals surface area contributed by atoms with Crippen LogP contribution in [0.3, 0.4) is 0 Å². The van der Waals surface area contributed by atoms with Gasteiger partial charge in [-0.05, 0) is 35.4 Å². The third-order valence-corrected chi connectivity index (χ3v) is 5.00. The second-order valence-corrected chi connectivity index (χ2v) is 8.51. The van der Waals surface area contributed by atoms with Crippen molar-refractivity contribution < 1.29 is 19.5 Å². The zero-order valence-electron chi connectivity index (χ0n) is 16.6. The molecule has 1 aromatic carbocycles. The number of nitrogens with one attached hydrogen (secondary N) is 1. The molecule has 0 bridgehead atoms. The van der Waals surface area contributed by atoms with E-state index in [-0.39, 0.29) is 42.7 Å². The van der Waals surface area contributed by atoms with Crippen LogP contribution in [0.25, 0.3) is 0 Å². The summed E-state index contributed by atoms with van der Waals surface area (Å²) < 4.78 is 0. The second kappa shape index (κ2) is 8.55. The van der Waals surface area contributed by atoms with Gasteiger partial charge in [0.25, 0.3) is 5.91 Å². The van der Waals surface area contributed by atoms with Crippen molar-refractivity contribution in [1.82, 2.24) is 10.2 Å². The van der Waals surface area contributed by atoms with Gasteiger partial charge in [0.2, 0.25) is 5.91 Å². The molecule has 27 heavy (non-hydrogen) atoms. The highest BCUT2D eigenvalue weighted by atomic mass is 16.4. The number of hydrogen-bond acceptors (Lipinski definition) is 3.